The molecule has 4 nitrogen and oxygen atoms in total. The van der Waals surface area contributed by atoms with E-state index in [2.05, 4.69) is 42.8 Å². The van der Waals surface area contributed by atoms with E-state index in [0.29, 0.717) is 6.04 Å². The van der Waals surface area contributed by atoms with E-state index in [1.807, 2.05) is 0 Å². The van der Waals surface area contributed by atoms with Crippen LogP contribution >= 0.6 is 0 Å². The Bertz CT molecular complexity index is 240. The molecule has 0 aromatic carbocycles. The first-order chi connectivity index (χ1) is 9.01. The van der Waals surface area contributed by atoms with E-state index in [1.165, 1.54) is 6.42 Å². The summed E-state index contributed by atoms with van der Waals surface area (Å²) < 4.78 is 5.26. The molecule has 1 saturated heterocycles. The number of nitrogens with one attached hydrogen (secondary N) is 1. The fraction of sp³-hybridized carbons (Fsp3) is 1.00. The zero-order chi connectivity index (χ0) is 14.3. The minimum Gasteiger partial charge on any atom is -0.383 e. The van der Waals surface area contributed by atoms with Crippen molar-refractivity contribution in [3.05, 3.63) is 0 Å². The van der Waals surface area contributed by atoms with Crippen LogP contribution in [0.3, 0.4) is 0 Å². The topological polar surface area (TPSA) is 27.7 Å². The molecule has 114 valence electrons. The number of nitrogens with zero attached hydrogens (tertiary/aromatic N) is 2. The van der Waals surface area contributed by atoms with E-state index in [4.69, 9.17) is 4.74 Å². The fourth-order valence-corrected chi connectivity index (χ4v) is 2.79. The highest BCUT2D eigenvalue weighted by atomic mass is 16.5. The summed E-state index contributed by atoms with van der Waals surface area (Å²) in [4.78, 5) is 5.19. The van der Waals surface area contributed by atoms with Crippen molar-refractivity contribution in [3.8, 4) is 0 Å². The Kier molecular flexibility index (Phi) is 7.29. The molecule has 4 heteroatoms. The molecule has 1 fully saturated rings. The second kappa shape index (κ2) is 8.20. The molecule has 1 N–H and O–H groups in total. The molecule has 1 rings (SSSR count). The van der Waals surface area contributed by atoms with Gasteiger partial charge < -0.3 is 10.1 Å². The summed E-state index contributed by atoms with van der Waals surface area (Å²) in [6.07, 6.45) is 1.20. The van der Waals surface area contributed by atoms with Crippen molar-refractivity contribution in [2.45, 2.75) is 45.7 Å². The predicted molar refractivity (Wildman–Crippen MR) is 81.7 cm³/mol. The Hall–Kier alpha value is -0.160. The van der Waals surface area contributed by atoms with E-state index < -0.39 is 0 Å². The molecule has 0 amide bonds. The van der Waals surface area contributed by atoms with Gasteiger partial charge in [0.2, 0.25) is 0 Å². The molecule has 0 radical (unpaired) electrons. The van der Waals surface area contributed by atoms with E-state index in [9.17, 15) is 0 Å². The Labute approximate surface area is 119 Å². The van der Waals surface area contributed by atoms with E-state index in [0.717, 1.165) is 45.9 Å². The molecule has 19 heavy (non-hydrogen) atoms. The van der Waals surface area contributed by atoms with Crippen LogP contribution < -0.4 is 5.32 Å². The minimum atomic E-state index is 0.235. The molecule has 1 aliphatic rings. The SMILES string of the molecule is CCC(C)N(CCOC)CC(C)(C)N1CCNCC1. The van der Waals surface area contributed by atoms with Crippen molar-refractivity contribution in [1.82, 2.24) is 15.1 Å². The van der Waals surface area contributed by atoms with Crippen molar-refractivity contribution in [2.75, 3.05) is 53.0 Å². The first-order valence-corrected chi connectivity index (χ1v) is 7.70. The van der Waals surface area contributed by atoms with Crippen molar-refractivity contribution in [1.29, 1.82) is 0 Å². The van der Waals surface area contributed by atoms with Gasteiger partial charge in [0, 0.05) is 58.0 Å². The van der Waals surface area contributed by atoms with Crippen LogP contribution in [0.1, 0.15) is 34.1 Å². The average Bonchev–Trinajstić information content (AvgIpc) is 2.43. The molecule has 1 atom stereocenters. The Morgan fingerprint density at radius 1 is 1.32 bits per heavy atom. The van der Waals surface area contributed by atoms with Crippen LogP contribution in [-0.2, 0) is 4.74 Å². The van der Waals surface area contributed by atoms with Crippen molar-refractivity contribution in [3.63, 3.8) is 0 Å². The quantitative estimate of drug-likeness (QED) is 0.722. The van der Waals surface area contributed by atoms with Gasteiger partial charge in [0.15, 0.2) is 0 Å². The van der Waals surface area contributed by atoms with Gasteiger partial charge in [0.05, 0.1) is 6.61 Å². The summed E-state index contributed by atoms with van der Waals surface area (Å²) >= 11 is 0. The lowest BCUT2D eigenvalue weighted by Gasteiger charge is -2.45. The van der Waals surface area contributed by atoms with Crippen LogP contribution in [0.25, 0.3) is 0 Å². The number of ether oxygens (including phenoxy) is 1. The van der Waals surface area contributed by atoms with E-state index >= 15 is 0 Å². The molecule has 0 spiro atoms. The number of methoxy groups -OCH3 is 1. The van der Waals surface area contributed by atoms with Crippen LogP contribution in [0.4, 0.5) is 0 Å². The van der Waals surface area contributed by atoms with Crippen LogP contribution in [0, 0.1) is 0 Å². The minimum absolute atomic E-state index is 0.235. The van der Waals surface area contributed by atoms with Crippen LogP contribution in [0.2, 0.25) is 0 Å². The van der Waals surface area contributed by atoms with Gasteiger partial charge in [-0.3, -0.25) is 9.80 Å². The highest BCUT2D eigenvalue weighted by molar-refractivity contribution is 4.88. The van der Waals surface area contributed by atoms with Gasteiger partial charge in [-0.05, 0) is 27.2 Å². The highest BCUT2D eigenvalue weighted by Gasteiger charge is 2.30. The average molecular weight is 271 g/mol. The fourth-order valence-electron chi connectivity index (χ4n) is 2.79. The molecule has 0 saturated carbocycles. The predicted octanol–water partition coefficient (Wildman–Crippen LogP) is 1.42. The number of piperazine rings is 1. The molecule has 0 aromatic heterocycles. The van der Waals surface area contributed by atoms with Crippen molar-refractivity contribution >= 4 is 0 Å². The normalized spacial score (nSPS) is 19.9. The first-order valence-electron chi connectivity index (χ1n) is 7.70. The van der Waals surface area contributed by atoms with Gasteiger partial charge in [-0.2, -0.15) is 0 Å². The van der Waals surface area contributed by atoms with Gasteiger partial charge in [0.1, 0.15) is 0 Å². The molecule has 1 unspecified atom stereocenters. The molecule has 1 heterocycles. The van der Waals surface area contributed by atoms with Crippen LogP contribution in [0.5, 0.6) is 0 Å². The van der Waals surface area contributed by atoms with Gasteiger partial charge in [-0.25, -0.2) is 0 Å². The lowest BCUT2D eigenvalue weighted by Crippen LogP contribution is -2.58. The lowest BCUT2D eigenvalue weighted by molar-refractivity contribution is 0.0367. The van der Waals surface area contributed by atoms with Gasteiger partial charge in [-0.15, -0.1) is 0 Å². The monoisotopic (exact) mass is 271 g/mol. The summed E-state index contributed by atoms with van der Waals surface area (Å²) in [5.74, 6) is 0. The Morgan fingerprint density at radius 3 is 2.47 bits per heavy atom. The molecular weight excluding hydrogens is 238 g/mol. The van der Waals surface area contributed by atoms with Crippen LogP contribution in [0.15, 0.2) is 0 Å². The third-order valence-electron chi connectivity index (χ3n) is 4.36. The van der Waals surface area contributed by atoms with Crippen LogP contribution in [-0.4, -0.2) is 74.4 Å². The molecule has 1 aliphatic heterocycles. The lowest BCUT2D eigenvalue weighted by atomic mass is 9.99. The summed E-state index contributed by atoms with van der Waals surface area (Å²) in [7, 11) is 1.79. The van der Waals surface area contributed by atoms with Gasteiger partial charge >= 0.3 is 0 Å². The summed E-state index contributed by atoms with van der Waals surface area (Å²) in [5, 5.41) is 3.43. The second-order valence-electron chi connectivity index (χ2n) is 6.27. The molecule has 0 aromatic rings. The molecular formula is C15H33N3O. The summed E-state index contributed by atoms with van der Waals surface area (Å²) in [6.45, 7) is 16.9. The van der Waals surface area contributed by atoms with Gasteiger partial charge in [-0.1, -0.05) is 6.92 Å². The van der Waals surface area contributed by atoms with E-state index in [-0.39, 0.29) is 5.54 Å². The smallest absolute Gasteiger partial charge is 0.0589 e. The van der Waals surface area contributed by atoms with Crippen molar-refractivity contribution < 1.29 is 4.74 Å². The number of hydrogen-bond donors (Lipinski definition) is 1. The standard InChI is InChI=1S/C15H33N3O/c1-6-14(2)17(11-12-19-5)13-15(3,4)18-9-7-16-8-10-18/h14,16H,6-13H2,1-5H3. The summed E-state index contributed by atoms with van der Waals surface area (Å²) in [5.41, 5.74) is 0.235. The molecule has 0 aliphatic carbocycles. The first kappa shape index (κ1) is 16.9. The zero-order valence-corrected chi connectivity index (χ0v) is 13.5. The Morgan fingerprint density at radius 2 is 1.95 bits per heavy atom. The number of rotatable bonds is 8. The largest absolute Gasteiger partial charge is 0.383 e. The zero-order valence-electron chi connectivity index (χ0n) is 13.5. The Balaban J connectivity index is 2.58. The maximum Gasteiger partial charge on any atom is 0.0589 e. The maximum atomic E-state index is 5.26. The van der Waals surface area contributed by atoms with Gasteiger partial charge in [0.25, 0.3) is 0 Å². The third kappa shape index (κ3) is 5.38. The molecule has 0 bridgehead atoms. The van der Waals surface area contributed by atoms with Crippen molar-refractivity contribution in [2.24, 2.45) is 0 Å². The summed E-state index contributed by atoms with van der Waals surface area (Å²) in [6, 6.07) is 0.623. The maximum absolute atomic E-state index is 5.26. The van der Waals surface area contributed by atoms with E-state index in [1.54, 1.807) is 7.11 Å². The second-order valence-corrected chi connectivity index (χ2v) is 6.27. The highest BCUT2D eigenvalue weighted by Crippen LogP contribution is 2.19. The number of hydrogen-bond acceptors (Lipinski definition) is 4. The third-order valence-corrected chi connectivity index (χ3v) is 4.36.